The number of esters is 1. The summed E-state index contributed by atoms with van der Waals surface area (Å²) in [6, 6.07) is 17.6. The van der Waals surface area contributed by atoms with Crippen molar-refractivity contribution in [1.82, 2.24) is 9.55 Å². The minimum Gasteiger partial charge on any atom is -0.448 e. The molecule has 0 saturated carbocycles. The number of anilines is 1. The van der Waals surface area contributed by atoms with Gasteiger partial charge in [0.1, 0.15) is 11.5 Å². The molecule has 1 N–H and O–H groups in total. The van der Waals surface area contributed by atoms with Gasteiger partial charge < -0.3 is 14.6 Å². The van der Waals surface area contributed by atoms with E-state index in [1.807, 2.05) is 13.0 Å². The number of aromatic nitrogens is 2. The van der Waals surface area contributed by atoms with Crippen molar-refractivity contribution < 1.29 is 14.3 Å². The molecular formula is C26H22ClN3O4. The van der Waals surface area contributed by atoms with Gasteiger partial charge in [0.15, 0.2) is 6.10 Å². The van der Waals surface area contributed by atoms with Crippen molar-refractivity contribution in [3.8, 4) is 11.1 Å². The third-order valence-electron chi connectivity index (χ3n) is 5.53. The highest BCUT2D eigenvalue weighted by Gasteiger charge is 2.26. The first kappa shape index (κ1) is 23.2. The lowest BCUT2D eigenvalue weighted by atomic mass is 9.96. The number of amides is 1. The molecule has 0 spiro atoms. The highest BCUT2D eigenvalue weighted by molar-refractivity contribution is 6.30. The number of rotatable bonds is 5. The number of carbonyl (C=O) groups is 2. The summed E-state index contributed by atoms with van der Waals surface area (Å²) in [5.41, 5.74) is 1.68. The fraction of sp³-hybridized carbons (Fsp3) is 0.154. The molecular weight excluding hydrogens is 454 g/mol. The second-order valence-corrected chi connectivity index (χ2v) is 8.28. The number of nitrogens with zero attached hydrogens (tertiary/aromatic N) is 2. The number of aryl methyl sites for hydroxylation is 1. The maximum Gasteiger partial charge on any atom is 0.356 e. The molecule has 2 aromatic carbocycles. The van der Waals surface area contributed by atoms with Gasteiger partial charge in [-0.25, -0.2) is 9.78 Å². The Bertz CT molecular complexity index is 1460. The second kappa shape index (κ2) is 9.49. The first-order chi connectivity index (χ1) is 16.3. The molecule has 7 nitrogen and oxygen atoms in total. The minimum atomic E-state index is -1.13. The van der Waals surface area contributed by atoms with Gasteiger partial charge in [0.25, 0.3) is 11.5 Å². The molecule has 0 fully saturated rings. The number of hydrogen-bond acceptors (Lipinski definition) is 5. The van der Waals surface area contributed by atoms with E-state index in [0.29, 0.717) is 32.7 Å². The third kappa shape index (κ3) is 4.43. The molecule has 0 aliphatic rings. The molecule has 0 aliphatic heterocycles. The molecule has 2 aromatic heterocycles. The van der Waals surface area contributed by atoms with Gasteiger partial charge in [0.05, 0.1) is 0 Å². The molecule has 172 valence electrons. The summed E-state index contributed by atoms with van der Waals surface area (Å²) in [7, 11) is 1.51. The number of pyridine rings is 2. The summed E-state index contributed by atoms with van der Waals surface area (Å²) in [6.45, 7) is 3.27. The number of fused-ring (bicyclic) bond motifs is 1. The van der Waals surface area contributed by atoms with E-state index in [0.717, 1.165) is 5.56 Å². The van der Waals surface area contributed by atoms with Crippen LogP contribution in [0.1, 0.15) is 23.0 Å². The Balaban J connectivity index is 1.75. The minimum absolute atomic E-state index is 0.0414. The fourth-order valence-electron chi connectivity index (χ4n) is 3.72. The van der Waals surface area contributed by atoms with E-state index in [4.69, 9.17) is 16.3 Å². The van der Waals surface area contributed by atoms with E-state index in [1.165, 1.54) is 18.5 Å². The fourth-order valence-corrected chi connectivity index (χ4v) is 3.84. The molecule has 4 rings (SSSR count). The van der Waals surface area contributed by atoms with Crippen LogP contribution in [0, 0.1) is 6.92 Å². The first-order valence-electron chi connectivity index (χ1n) is 10.6. The number of nitrogens with one attached hydrogen (secondary N) is 1. The Morgan fingerprint density at radius 2 is 1.71 bits per heavy atom. The molecule has 0 radical (unpaired) electrons. The summed E-state index contributed by atoms with van der Waals surface area (Å²) in [5, 5.41) is 4.26. The monoisotopic (exact) mass is 475 g/mol. The highest BCUT2D eigenvalue weighted by atomic mass is 35.5. The summed E-state index contributed by atoms with van der Waals surface area (Å²) >= 11 is 6.06. The zero-order chi connectivity index (χ0) is 24.4. The number of halogens is 1. The number of ether oxygens (including phenoxy) is 1. The van der Waals surface area contributed by atoms with Crippen LogP contribution in [0.2, 0.25) is 5.02 Å². The Labute approximate surface area is 201 Å². The van der Waals surface area contributed by atoms with Gasteiger partial charge in [-0.15, -0.1) is 0 Å². The first-order valence-corrected chi connectivity index (χ1v) is 11.0. The lowest BCUT2D eigenvalue weighted by Crippen LogP contribution is -2.33. The maximum absolute atomic E-state index is 13.4. The van der Waals surface area contributed by atoms with Crippen LogP contribution in [0.4, 0.5) is 5.82 Å². The zero-order valence-electron chi connectivity index (χ0n) is 18.8. The van der Waals surface area contributed by atoms with Crippen molar-refractivity contribution in [2.75, 3.05) is 5.32 Å². The van der Waals surface area contributed by atoms with Crippen molar-refractivity contribution >= 4 is 40.1 Å². The van der Waals surface area contributed by atoms with Gasteiger partial charge in [-0.3, -0.25) is 9.59 Å². The largest absolute Gasteiger partial charge is 0.448 e. The van der Waals surface area contributed by atoms with Crippen LogP contribution < -0.4 is 10.9 Å². The maximum atomic E-state index is 13.4. The quantitative estimate of drug-likeness (QED) is 0.421. The standard InChI is InChI=1S/C26H22ClN3O4/c1-15-7-6-14-28-23(15)29-24(31)16(2)34-26(33)22-21(17-10-12-18(27)13-11-17)19-8-4-5-9-20(19)25(32)30(22)3/h4-14,16H,1-3H3,(H,28,29,31). The molecule has 4 aromatic rings. The third-order valence-corrected chi connectivity index (χ3v) is 5.79. The summed E-state index contributed by atoms with van der Waals surface area (Å²) in [4.78, 5) is 43.2. The smallest absolute Gasteiger partial charge is 0.356 e. The van der Waals surface area contributed by atoms with Crippen LogP contribution >= 0.6 is 11.6 Å². The number of hydrogen-bond donors (Lipinski definition) is 1. The number of benzene rings is 2. The van der Waals surface area contributed by atoms with E-state index < -0.39 is 18.0 Å². The second-order valence-electron chi connectivity index (χ2n) is 7.85. The van der Waals surface area contributed by atoms with Gasteiger partial charge >= 0.3 is 5.97 Å². The van der Waals surface area contributed by atoms with E-state index >= 15 is 0 Å². The van der Waals surface area contributed by atoms with Crippen LogP contribution in [-0.4, -0.2) is 27.5 Å². The molecule has 2 heterocycles. The summed E-state index contributed by atoms with van der Waals surface area (Å²) < 4.78 is 6.77. The van der Waals surface area contributed by atoms with Crippen LogP contribution in [-0.2, 0) is 16.6 Å². The van der Waals surface area contributed by atoms with Crippen LogP contribution in [0.5, 0.6) is 0 Å². The van der Waals surface area contributed by atoms with Crippen molar-refractivity contribution in [1.29, 1.82) is 0 Å². The van der Waals surface area contributed by atoms with E-state index in [-0.39, 0.29) is 11.3 Å². The van der Waals surface area contributed by atoms with Crippen LogP contribution in [0.15, 0.2) is 71.7 Å². The summed E-state index contributed by atoms with van der Waals surface area (Å²) in [6.07, 6.45) is 0.427. The Hall–Kier alpha value is -3.97. The SMILES string of the molecule is Cc1cccnc1NC(=O)C(C)OC(=O)c1c(-c2ccc(Cl)cc2)c2ccccc2c(=O)n1C. The Morgan fingerprint density at radius 1 is 1.03 bits per heavy atom. The van der Waals surface area contributed by atoms with E-state index in [2.05, 4.69) is 10.3 Å². The lowest BCUT2D eigenvalue weighted by molar-refractivity contribution is -0.123. The Morgan fingerprint density at radius 3 is 2.38 bits per heavy atom. The van der Waals surface area contributed by atoms with Crippen LogP contribution in [0.25, 0.3) is 21.9 Å². The number of carbonyl (C=O) groups excluding carboxylic acids is 2. The van der Waals surface area contributed by atoms with Crippen molar-refractivity contribution in [3.05, 3.63) is 93.5 Å². The van der Waals surface area contributed by atoms with Crippen molar-refractivity contribution in [2.45, 2.75) is 20.0 Å². The highest BCUT2D eigenvalue weighted by Crippen LogP contribution is 2.32. The predicted molar refractivity (Wildman–Crippen MR) is 132 cm³/mol. The van der Waals surface area contributed by atoms with Crippen molar-refractivity contribution in [2.24, 2.45) is 7.05 Å². The molecule has 0 saturated heterocycles. The topological polar surface area (TPSA) is 90.3 Å². The van der Waals surface area contributed by atoms with E-state index in [1.54, 1.807) is 60.8 Å². The van der Waals surface area contributed by atoms with Gasteiger partial charge in [-0.1, -0.05) is 48.0 Å². The molecule has 0 aliphatic carbocycles. The molecule has 0 bridgehead atoms. The normalized spacial score (nSPS) is 11.8. The van der Waals surface area contributed by atoms with Gasteiger partial charge in [-0.2, -0.15) is 0 Å². The Kier molecular flexibility index (Phi) is 6.47. The lowest BCUT2D eigenvalue weighted by Gasteiger charge is -2.19. The average molecular weight is 476 g/mol. The van der Waals surface area contributed by atoms with Gasteiger partial charge in [0.2, 0.25) is 0 Å². The van der Waals surface area contributed by atoms with Crippen molar-refractivity contribution in [3.63, 3.8) is 0 Å². The molecule has 1 amide bonds. The zero-order valence-corrected chi connectivity index (χ0v) is 19.6. The average Bonchev–Trinajstić information content (AvgIpc) is 2.83. The van der Waals surface area contributed by atoms with E-state index in [9.17, 15) is 14.4 Å². The predicted octanol–water partition coefficient (Wildman–Crippen LogP) is 4.75. The molecule has 1 unspecified atom stereocenters. The molecule has 8 heteroatoms. The molecule has 34 heavy (non-hydrogen) atoms. The molecule has 1 atom stereocenters. The van der Waals surface area contributed by atoms with Gasteiger partial charge in [0, 0.05) is 29.2 Å². The van der Waals surface area contributed by atoms with Crippen LogP contribution in [0.3, 0.4) is 0 Å². The van der Waals surface area contributed by atoms with Gasteiger partial charge in [-0.05, 0) is 54.6 Å². The summed E-state index contributed by atoms with van der Waals surface area (Å²) in [5.74, 6) is -0.944.